The summed E-state index contributed by atoms with van der Waals surface area (Å²) in [6.07, 6.45) is -0.178. The second-order valence-corrected chi connectivity index (χ2v) is 4.90. The summed E-state index contributed by atoms with van der Waals surface area (Å²) >= 11 is 11.8. The Balaban J connectivity index is 1.93. The SMILES string of the molecule is O=c1oc(Oc2ccc(Cl)cc2)nn1-c1ccccc1Cl. The Hall–Kier alpha value is -2.24. The molecular weight excluding hydrogens is 315 g/mol. The van der Waals surface area contributed by atoms with Gasteiger partial charge in [-0.25, -0.2) is 4.79 Å². The van der Waals surface area contributed by atoms with Crippen molar-refractivity contribution in [2.75, 3.05) is 0 Å². The molecule has 0 aliphatic heterocycles. The highest BCUT2D eigenvalue weighted by molar-refractivity contribution is 6.32. The molecule has 3 aromatic rings. The molecule has 0 unspecified atom stereocenters. The van der Waals surface area contributed by atoms with Crippen LogP contribution in [0.3, 0.4) is 0 Å². The Bertz CT molecular complexity index is 825. The third kappa shape index (κ3) is 2.94. The van der Waals surface area contributed by atoms with Crippen LogP contribution >= 0.6 is 23.2 Å². The van der Waals surface area contributed by atoms with Crippen LogP contribution in [0.1, 0.15) is 0 Å². The van der Waals surface area contributed by atoms with Crippen LogP contribution in [0, 0.1) is 0 Å². The van der Waals surface area contributed by atoms with Crippen LogP contribution in [-0.2, 0) is 0 Å². The van der Waals surface area contributed by atoms with Gasteiger partial charge in [-0.3, -0.25) is 0 Å². The van der Waals surface area contributed by atoms with Crippen LogP contribution in [0.4, 0.5) is 0 Å². The lowest BCUT2D eigenvalue weighted by Gasteiger charge is -2.00. The fourth-order valence-corrected chi connectivity index (χ4v) is 2.02. The van der Waals surface area contributed by atoms with Gasteiger partial charge in [0.15, 0.2) is 0 Å². The molecule has 106 valence electrons. The second-order valence-electron chi connectivity index (χ2n) is 4.05. The summed E-state index contributed by atoms with van der Waals surface area (Å²) in [5.41, 5.74) is 0.416. The largest absolute Gasteiger partial charge is 0.444 e. The molecule has 3 rings (SSSR count). The van der Waals surface area contributed by atoms with Crippen molar-refractivity contribution in [3.05, 3.63) is 69.1 Å². The third-order valence-electron chi connectivity index (χ3n) is 2.63. The zero-order valence-electron chi connectivity index (χ0n) is 10.5. The van der Waals surface area contributed by atoms with E-state index in [1.54, 1.807) is 48.5 Å². The van der Waals surface area contributed by atoms with E-state index in [4.69, 9.17) is 32.4 Å². The van der Waals surface area contributed by atoms with Gasteiger partial charge in [-0.1, -0.05) is 40.4 Å². The fourth-order valence-electron chi connectivity index (χ4n) is 1.68. The maximum absolute atomic E-state index is 11.8. The molecule has 0 radical (unpaired) electrons. The summed E-state index contributed by atoms with van der Waals surface area (Å²) in [4.78, 5) is 11.8. The van der Waals surface area contributed by atoms with E-state index < -0.39 is 5.76 Å². The summed E-state index contributed by atoms with van der Waals surface area (Å²) in [5, 5.41) is 4.91. The first-order valence-corrected chi connectivity index (χ1v) is 6.67. The van der Waals surface area contributed by atoms with Crippen molar-refractivity contribution in [1.82, 2.24) is 9.78 Å². The summed E-state index contributed by atoms with van der Waals surface area (Å²) in [7, 11) is 0. The molecule has 2 aromatic carbocycles. The Labute approximate surface area is 129 Å². The Morgan fingerprint density at radius 1 is 1.05 bits per heavy atom. The first-order valence-electron chi connectivity index (χ1n) is 5.92. The van der Waals surface area contributed by atoms with Crippen molar-refractivity contribution < 1.29 is 9.15 Å². The van der Waals surface area contributed by atoms with Crippen LogP contribution in [0.15, 0.2) is 57.7 Å². The van der Waals surface area contributed by atoms with Crippen LogP contribution in [0.5, 0.6) is 11.8 Å². The maximum atomic E-state index is 11.8. The van der Waals surface area contributed by atoms with Crippen molar-refractivity contribution in [3.63, 3.8) is 0 Å². The predicted octanol–water partition coefficient (Wildman–Crippen LogP) is 3.92. The number of aromatic nitrogens is 2. The van der Waals surface area contributed by atoms with Gasteiger partial charge in [-0.2, -0.15) is 4.68 Å². The number of benzene rings is 2. The lowest BCUT2D eigenvalue weighted by atomic mass is 10.3. The molecule has 1 aromatic heterocycles. The van der Waals surface area contributed by atoms with Gasteiger partial charge in [-0.15, -0.1) is 0 Å². The summed E-state index contributed by atoms with van der Waals surface area (Å²) in [6.45, 7) is 0. The highest BCUT2D eigenvalue weighted by Crippen LogP contribution is 2.22. The first kappa shape index (κ1) is 13.7. The summed E-state index contributed by atoms with van der Waals surface area (Å²) in [5.74, 6) is -0.237. The first-order chi connectivity index (χ1) is 10.1. The van der Waals surface area contributed by atoms with Crippen LogP contribution in [0.25, 0.3) is 5.69 Å². The van der Waals surface area contributed by atoms with E-state index in [1.807, 2.05) is 0 Å². The highest BCUT2D eigenvalue weighted by Gasteiger charge is 2.13. The zero-order chi connectivity index (χ0) is 14.8. The molecule has 0 spiro atoms. The standard InChI is InChI=1S/C14H8Cl2N2O3/c15-9-5-7-10(8-6-9)20-13-17-18(14(19)21-13)12-4-2-1-3-11(12)16/h1-8H. The fraction of sp³-hybridized carbons (Fsp3) is 0. The number of halogens is 2. The molecule has 21 heavy (non-hydrogen) atoms. The van der Waals surface area contributed by atoms with E-state index in [-0.39, 0.29) is 6.08 Å². The van der Waals surface area contributed by atoms with E-state index in [0.29, 0.717) is 21.5 Å². The van der Waals surface area contributed by atoms with Gasteiger partial charge in [-0.05, 0) is 36.4 Å². The van der Waals surface area contributed by atoms with Gasteiger partial charge in [0.1, 0.15) is 5.75 Å². The van der Waals surface area contributed by atoms with E-state index >= 15 is 0 Å². The number of hydrogen-bond acceptors (Lipinski definition) is 4. The molecule has 0 aliphatic carbocycles. The minimum Gasteiger partial charge on any atom is -0.410 e. The molecule has 0 aliphatic rings. The lowest BCUT2D eigenvalue weighted by Crippen LogP contribution is -2.13. The van der Waals surface area contributed by atoms with Crippen LogP contribution in [-0.4, -0.2) is 9.78 Å². The van der Waals surface area contributed by atoms with Gasteiger partial charge in [0.25, 0.3) is 0 Å². The number of rotatable bonds is 3. The number of hydrogen-bond donors (Lipinski definition) is 0. The molecule has 0 saturated carbocycles. The van der Waals surface area contributed by atoms with Gasteiger partial charge in [0, 0.05) is 5.02 Å². The van der Waals surface area contributed by atoms with Crippen LogP contribution in [0.2, 0.25) is 10.0 Å². The molecular formula is C14H8Cl2N2O3. The van der Waals surface area contributed by atoms with E-state index in [2.05, 4.69) is 5.10 Å². The molecule has 0 bridgehead atoms. The molecule has 0 N–H and O–H groups in total. The minimum atomic E-state index is -0.688. The predicted molar refractivity (Wildman–Crippen MR) is 78.6 cm³/mol. The Morgan fingerprint density at radius 3 is 2.48 bits per heavy atom. The third-order valence-corrected chi connectivity index (χ3v) is 3.20. The molecule has 0 fully saturated rings. The normalized spacial score (nSPS) is 10.6. The van der Waals surface area contributed by atoms with Crippen molar-refractivity contribution in [3.8, 4) is 17.5 Å². The van der Waals surface area contributed by atoms with E-state index in [1.165, 1.54) is 0 Å². The topological polar surface area (TPSA) is 57.3 Å². The number of ether oxygens (including phenoxy) is 1. The average molecular weight is 323 g/mol. The average Bonchev–Trinajstić information content (AvgIpc) is 2.83. The zero-order valence-corrected chi connectivity index (χ0v) is 12.0. The highest BCUT2D eigenvalue weighted by atomic mass is 35.5. The Morgan fingerprint density at radius 2 is 1.76 bits per heavy atom. The van der Waals surface area contributed by atoms with Crippen molar-refractivity contribution >= 4 is 23.2 Å². The summed E-state index contributed by atoms with van der Waals surface area (Å²) in [6, 6.07) is 13.4. The minimum absolute atomic E-state index is 0.178. The van der Waals surface area contributed by atoms with Gasteiger partial charge < -0.3 is 9.15 Å². The van der Waals surface area contributed by atoms with E-state index in [0.717, 1.165) is 4.68 Å². The number of para-hydroxylation sites is 1. The van der Waals surface area contributed by atoms with Crippen molar-refractivity contribution in [2.24, 2.45) is 0 Å². The molecule has 0 saturated heterocycles. The van der Waals surface area contributed by atoms with Gasteiger partial charge in [0.05, 0.1) is 10.7 Å². The molecule has 0 amide bonds. The van der Waals surface area contributed by atoms with Crippen LogP contribution < -0.4 is 10.5 Å². The molecule has 7 heteroatoms. The maximum Gasteiger partial charge on any atom is 0.444 e. The number of nitrogens with zero attached hydrogens (tertiary/aromatic N) is 2. The lowest BCUT2D eigenvalue weighted by molar-refractivity contribution is 0.320. The van der Waals surface area contributed by atoms with Crippen molar-refractivity contribution in [2.45, 2.75) is 0 Å². The second kappa shape index (κ2) is 5.63. The smallest absolute Gasteiger partial charge is 0.410 e. The monoisotopic (exact) mass is 322 g/mol. The Kier molecular flexibility index (Phi) is 3.68. The molecule has 0 atom stereocenters. The van der Waals surface area contributed by atoms with Gasteiger partial charge >= 0.3 is 11.8 Å². The summed E-state index contributed by atoms with van der Waals surface area (Å²) < 4.78 is 11.3. The van der Waals surface area contributed by atoms with E-state index in [9.17, 15) is 4.79 Å². The quantitative estimate of drug-likeness (QED) is 0.733. The molecule has 5 nitrogen and oxygen atoms in total. The van der Waals surface area contributed by atoms with Gasteiger partial charge in [0.2, 0.25) is 0 Å². The van der Waals surface area contributed by atoms with Crippen molar-refractivity contribution in [1.29, 1.82) is 0 Å². The molecule has 1 heterocycles.